The fraction of sp³-hybridized carbons (Fsp3) is 0.111. The van der Waals surface area contributed by atoms with Crippen molar-refractivity contribution < 1.29 is 26.7 Å². The lowest BCUT2D eigenvalue weighted by Crippen LogP contribution is -2.20. The molecular weight excluding hydrogens is 437 g/mol. The molecule has 0 aliphatic carbocycles. The molecule has 0 spiro atoms. The van der Waals surface area contributed by atoms with Crippen molar-refractivity contribution in [3.8, 4) is 5.69 Å². The van der Waals surface area contributed by atoms with E-state index in [1.165, 1.54) is 48.5 Å². The van der Waals surface area contributed by atoms with E-state index in [-0.39, 0.29) is 21.3 Å². The lowest BCUT2D eigenvalue weighted by molar-refractivity contribution is -0.143. The van der Waals surface area contributed by atoms with Crippen LogP contribution in [0, 0.1) is 0 Å². The van der Waals surface area contributed by atoms with Crippen molar-refractivity contribution in [3.63, 3.8) is 0 Å². The third kappa shape index (κ3) is 5.07. The summed E-state index contributed by atoms with van der Waals surface area (Å²) in [6.07, 6.45) is -4.07. The second-order valence-electron chi connectivity index (χ2n) is 5.65. The van der Waals surface area contributed by atoms with Crippen molar-refractivity contribution in [2.45, 2.75) is 16.8 Å². The highest BCUT2D eigenvalue weighted by atomic mass is 35.5. The van der Waals surface area contributed by atoms with Crippen LogP contribution >= 0.6 is 23.4 Å². The maximum atomic E-state index is 13.7. The van der Waals surface area contributed by atoms with E-state index in [1.807, 2.05) is 0 Å². The highest BCUT2D eigenvalue weighted by molar-refractivity contribution is 7.99. The maximum Gasteiger partial charge on any atom is 0.434 e. The second-order valence-corrected chi connectivity index (χ2v) is 7.15. The summed E-state index contributed by atoms with van der Waals surface area (Å²) in [6.45, 7) is 0. The summed E-state index contributed by atoms with van der Waals surface area (Å²) < 4.78 is 66.2. The van der Waals surface area contributed by atoms with Crippen LogP contribution in [0.2, 0.25) is 5.02 Å². The molecule has 29 heavy (non-hydrogen) atoms. The Bertz CT molecular complexity index is 1020. The van der Waals surface area contributed by atoms with Crippen LogP contribution in [0.5, 0.6) is 0 Å². The van der Waals surface area contributed by atoms with Crippen molar-refractivity contribution in [2.75, 3.05) is 5.32 Å². The molecular formula is C18H11ClF5N3OS. The number of benzene rings is 2. The Morgan fingerprint density at radius 3 is 2.41 bits per heavy atom. The van der Waals surface area contributed by atoms with Gasteiger partial charge < -0.3 is 5.32 Å². The molecule has 3 aromatic rings. The summed E-state index contributed by atoms with van der Waals surface area (Å²) in [5.41, 5.74) is -1.76. The average molecular weight is 448 g/mol. The van der Waals surface area contributed by atoms with Gasteiger partial charge in [0.2, 0.25) is 0 Å². The molecule has 11 heteroatoms. The molecule has 0 unspecified atom stereocenters. The first-order chi connectivity index (χ1) is 13.6. The van der Waals surface area contributed by atoms with Crippen LogP contribution in [0.15, 0.2) is 59.6 Å². The number of anilines is 1. The highest BCUT2D eigenvalue weighted by Crippen LogP contribution is 2.34. The summed E-state index contributed by atoms with van der Waals surface area (Å²) in [5, 5.41) is 6.21. The number of hydrogen-bond donors (Lipinski definition) is 1. The van der Waals surface area contributed by atoms with Crippen LogP contribution in [-0.4, -0.2) is 21.4 Å². The van der Waals surface area contributed by atoms with E-state index in [2.05, 4.69) is 10.4 Å². The lowest BCUT2D eigenvalue weighted by Gasteiger charge is -2.13. The molecule has 0 fully saturated rings. The van der Waals surface area contributed by atoms with Gasteiger partial charge in [0, 0.05) is 15.6 Å². The summed E-state index contributed by atoms with van der Waals surface area (Å²) in [4.78, 5) is 12.7. The predicted molar refractivity (Wildman–Crippen MR) is 99.8 cm³/mol. The minimum absolute atomic E-state index is 0.0391. The van der Waals surface area contributed by atoms with E-state index in [0.717, 1.165) is 6.20 Å². The van der Waals surface area contributed by atoms with Crippen LogP contribution in [0.1, 0.15) is 16.1 Å². The predicted octanol–water partition coefficient (Wildman–Crippen LogP) is 6.11. The van der Waals surface area contributed by atoms with E-state index >= 15 is 0 Å². The minimum Gasteiger partial charge on any atom is -0.322 e. The van der Waals surface area contributed by atoms with Gasteiger partial charge in [-0.25, -0.2) is 4.68 Å². The van der Waals surface area contributed by atoms with E-state index < -0.39 is 29.1 Å². The first kappa shape index (κ1) is 21.1. The summed E-state index contributed by atoms with van der Waals surface area (Å²) in [6, 6.07) is 10.9. The van der Waals surface area contributed by atoms with Gasteiger partial charge in [-0.1, -0.05) is 29.4 Å². The Balaban J connectivity index is 1.91. The van der Waals surface area contributed by atoms with Gasteiger partial charge in [0.05, 0.1) is 17.4 Å². The zero-order valence-electron chi connectivity index (χ0n) is 14.3. The number of thioether (sulfide) groups is 1. The molecule has 0 saturated heterocycles. The standard InChI is InChI=1S/C18H11ClF5N3OS/c19-10-2-1-3-12(8-10)27-15(18(22,23)24)14(9-25-27)16(28)26-11-4-6-13(7-5-11)29-17(20)21/h1-9,17H,(H,26,28). The number of alkyl halides is 5. The molecule has 152 valence electrons. The second kappa shape index (κ2) is 8.42. The molecule has 1 aromatic heterocycles. The van der Waals surface area contributed by atoms with Crippen molar-refractivity contribution in [1.82, 2.24) is 9.78 Å². The minimum atomic E-state index is -4.87. The van der Waals surface area contributed by atoms with Crippen molar-refractivity contribution >= 4 is 35.0 Å². The topological polar surface area (TPSA) is 46.9 Å². The molecule has 1 heterocycles. The molecule has 0 aliphatic rings. The van der Waals surface area contributed by atoms with Crippen LogP contribution < -0.4 is 5.32 Å². The molecule has 4 nitrogen and oxygen atoms in total. The quantitative estimate of drug-likeness (QED) is 0.379. The average Bonchev–Trinajstić information content (AvgIpc) is 3.09. The van der Waals surface area contributed by atoms with Gasteiger partial charge >= 0.3 is 6.18 Å². The first-order valence-corrected chi connectivity index (χ1v) is 9.18. The van der Waals surface area contributed by atoms with Gasteiger partial charge in [0.25, 0.3) is 11.7 Å². The van der Waals surface area contributed by atoms with E-state index in [0.29, 0.717) is 16.4 Å². The first-order valence-electron chi connectivity index (χ1n) is 7.92. The van der Waals surface area contributed by atoms with Crippen LogP contribution in [0.25, 0.3) is 5.69 Å². The van der Waals surface area contributed by atoms with E-state index in [1.54, 1.807) is 0 Å². The number of rotatable bonds is 5. The fourth-order valence-corrected chi connectivity index (χ4v) is 3.19. The van der Waals surface area contributed by atoms with Gasteiger partial charge in [-0.15, -0.1) is 0 Å². The molecule has 1 amide bonds. The number of carbonyl (C=O) groups excluding carboxylic acids is 1. The van der Waals surface area contributed by atoms with Gasteiger partial charge in [-0.2, -0.15) is 27.1 Å². The molecule has 0 bridgehead atoms. The molecule has 0 radical (unpaired) electrons. The Kier molecular flexibility index (Phi) is 6.13. The number of carbonyl (C=O) groups is 1. The van der Waals surface area contributed by atoms with E-state index in [9.17, 15) is 26.7 Å². The molecule has 2 aromatic carbocycles. The zero-order chi connectivity index (χ0) is 21.2. The Hall–Kier alpha value is -2.59. The molecule has 0 aliphatic heterocycles. The van der Waals surface area contributed by atoms with Crippen LogP contribution in [-0.2, 0) is 6.18 Å². The molecule has 3 rings (SSSR count). The smallest absolute Gasteiger partial charge is 0.322 e. The van der Waals surface area contributed by atoms with Crippen molar-refractivity contribution in [1.29, 1.82) is 0 Å². The zero-order valence-corrected chi connectivity index (χ0v) is 15.8. The third-order valence-corrected chi connectivity index (χ3v) is 4.63. The Morgan fingerprint density at radius 2 is 1.83 bits per heavy atom. The van der Waals surface area contributed by atoms with Crippen molar-refractivity contribution in [2.24, 2.45) is 0 Å². The summed E-state index contributed by atoms with van der Waals surface area (Å²) >= 11 is 6.14. The lowest BCUT2D eigenvalue weighted by atomic mass is 10.2. The molecule has 1 N–H and O–H groups in total. The van der Waals surface area contributed by atoms with Crippen molar-refractivity contribution in [3.05, 3.63) is 71.0 Å². The maximum absolute atomic E-state index is 13.7. The van der Waals surface area contributed by atoms with Gasteiger partial charge in [0.15, 0.2) is 5.69 Å². The monoisotopic (exact) mass is 447 g/mol. The van der Waals surface area contributed by atoms with Gasteiger partial charge in [-0.05, 0) is 42.5 Å². The number of halogens is 6. The van der Waals surface area contributed by atoms with Gasteiger partial charge in [0.1, 0.15) is 0 Å². The number of amides is 1. The Labute approximate surface area is 170 Å². The van der Waals surface area contributed by atoms with E-state index in [4.69, 9.17) is 11.6 Å². The number of nitrogens with zero attached hydrogens (tertiary/aromatic N) is 2. The number of aromatic nitrogens is 2. The Morgan fingerprint density at radius 1 is 1.14 bits per heavy atom. The third-order valence-electron chi connectivity index (χ3n) is 3.67. The van der Waals surface area contributed by atoms with Crippen LogP contribution in [0.4, 0.5) is 27.6 Å². The number of nitrogens with one attached hydrogen (secondary N) is 1. The molecule has 0 saturated carbocycles. The summed E-state index contributed by atoms with van der Waals surface area (Å²) in [7, 11) is 0. The van der Waals surface area contributed by atoms with Gasteiger partial charge in [-0.3, -0.25) is 4.79 Å². The normalized spacial score (nSPS) is 11.7. The highest BCUT2D eigenvalue weighted by Gasteiger charge is 2.40. The summed E-state index contributed by atoms with van der Waals surface area (Å²) in [5.74, 6) is -3.65. The van der Waals surface area contributed by atoms with Crippen LogP contribution in [0.3, 0.4) is 0 Å². The number of hydrogen-bond acceptors (Lipinski definition) is 3. The largest absolute Gasteiger partial charge is 0.434 e. The fourth-order valence-electron chi connectivity index (χ4n) is 2.51. The SMILES string of the molecule is O=C(Nc1ccc(SC(F)F)cc1)c1cnn(-c2cccc(Cl)c2)c1C(F)(F)F. The molecule has 0 atom stereocenters.